The molecule has 0 unspecified atom stereocenters. The van der Waals surface area contributed by atoms with Crippen molar-refractivity contribution in [2.45, 2.75) is 6.92 Å². The number of carbonyl (C=O) groups excluding carboxylic acids is 1. The molecular formula is C15H14BrFN2O. The fourth-order valence-corrected chi connectivity index (χ4v) is 2.40. The molecule has 0 bridgehead atoms. The fraction of sp³-hybridized carbons (Fsp3) is 0.133. The van der Waals surface area contributed by atoms with Gasteiger partial charge in [0, 0.05) is 28.0 Å². The van der Waals surface area contributed by atoms with Crippen LogP contribution in [0.15, 0.2) is 46.9 Å². The zero-order valence-corrected chi connectivity index (χ0v) is 12.5. The van der Waals surface area contributed by atoms with E-state index >= 15 is 0 Å². The summed E-state index contributed by atoms with van der Waals surface area (Å²) in [4.78, 5) is 14.0. The van der Waals surface area contributed by atoms with E-state index in [-0.39, 0.29) is 5.91 Å². The maximum Gasteiger partial charge on any atom is 0.258 e. The molecule has 2 aromatic rings. The standard InChI is InChI=1S/C15H14BrFN2O/c1-2-19(14-5-3-13(18)4-6-14)15(20)10-7-11(16)9-12(17)8-10/h3-9H,2,18H2,1H3. The quantitative estimate of drug-likeness (QED) is 0.865. The van der Waals surface area contributed by atoms with E-state index in [1.54, 1.807) is 35.2 Å². The molecule has 20 heavy (non-hydrogen) atoms. The molecule has 2 N–H and O–H groups in total. The number of nitrogens with two attached hydrogens (primary N) is 1. The number of anilines is 2. The molecule has 5 heteroatoms. The van der Waals surface area contributed by atoms with E-state index in [1.807, 2.05) is 6.92 Å². The Balaban J connectivity index is 2.36. The number of hydrogen-bond acceptors (Lipinski definition) is 2. The van der Waals surface area contributed by atoms with Crippen molar-refractivity contribution in [3.8, 4) is 0 Å². The third kappa shape index (κ3) is 3.17. The van der Waals surface area contributed by atoms with Crippen LogP contribution in [0.4, 0.5) is 15.8 Å². The Hall–Kier alpha value is -1.88. The monoisotopic (exact) mass is 336 g/mol. The second-order valence-corrected chi connectivity index (χ2v) is 5.21. The van der Waals surface area contributed by atoms with E-state index < -0.39 is 5.82 Å². The smallest absolute Gasteiger partial charge is 0.258 e. The third-order valence-corrected chi connectivity index (χ3v) is 3.33. The lowest BCUT2D eigenvalue weighted by Gasteiger charge is -2.21. The fourth-order valence-electron chi connectivity index (χ4n) is 1.93. The highest BCUT2D eigenvalue weighted by atomic mass is 79.9. The van der Waals surface area contributed by atoms with Crippen LogP contribution in [0.25, 0.3) is 0 Å². The predicted molar refractivity (Wildman–Crippen MR) is 82.3 cm³/mol. The van der Waals surface area contributed by atoms with Crippen molar-refractivity contribution in [1.29, 1.82) is 0 Å². The normalized spacial score (nSPS) is 10.3. The highest BCUT2D eigenvalue weighted by molar-refractivity contribution is 9.10. The first kappa shape index (κ1) is 14.5. The molecular weight excluding hydrogens is 323 g/mol. The molecule has 0 aromatic heterocycles. The van der Waals surface area contributed by atoms with Crippen LogP contribution in [-0.4, -0.2) is 12.5 Å². The molecule has 2 rings (SSSR count). The maximum absolute atomic E-state index is 13.4. The number of hydrogen-bond donors (Lipinski definition) is 1. The summed E-state index contributed by atoms with van der Waals surface area (Å²) in [6.07, 6.45) is 0. The molecule has 0 heterocycles. The number of halogens is 2. The van der Waals surface area contributed by atoms with Crippen molar-refractivity contribution >= 4 is 33.2 Å². The second-order valence-electron chi connectivity index (χ2n) is 4.30. The molecule has 0 spiro atoms. The van der Waals surface area contributed by atoms with E-state index in [0.717, 1.165) is 5.69 Å². The van der Waals surface area contributed by atoms with Gasteiger partial charge in [-0.25, -0.2) is 4.39 Å². The van der Waals surface area contributed by atoms with Crippen LogP contribution in [0, 0.1) is 5.82 Å². The molecule has 3 nitrogen and oxygen atoms in total. The summed E-state index contributed by atoms with van der Waals surface area (Å²) < 4.78 is 13.9. The summed E-state index contributed by atoms with van der Waals surface area (Å²) in [5, 5.41) is 0. The number of amides is 1. The minimum absolute atomic E-state index is 0.252. The number of rotatable bonds is 3. The molecule has 1 amide bonds. The van der Waals surface area contributed by atoms with Crippen molar-refractivity contribution in [1.82, 2.24) is 0 Å². The van der Waals surface area contributed by atoms with Gasteiger partial charge in [0.15, 0.2) is 0 Å². The summed E-state index contributed by atoms with van der Waals surface area (Å²) in [6.45, 7) is 2.35. The van der Waals surface area contributed by atoms with Crippen molar-refractivity contribution in [2.24, 2.45) is 0 Å². The summed E-state index contributed by atoms with van der Waals surface area (Å²) in [5.41, 5.74) is 7.30. The molecule has 2 aromatic carbocycles. The highest BCUT2D eigenvalue weighted by Crippen LogP contribution is 2.21. The SMILES string of the molecule is CCN(C(=O)c1cc(F)cc(Br)c1)c1ccc(N)cc1. The maximum atomic E-state index is 13.4. The Morgan fingerprint density at radius 3 is 2.45 bits per heavy atom. The van der Waals surface area contributed by atoms with Crippen LogP contribution in [0.5, 0.6) is 0 Å². The Bertz CT molecular complexity index is 608. The van der Waals surface area contributed by atoms with Gasteiger partial charge in [-0.15, -0.1) is 0 Å². The first-order valence-electron chi connectivity index (χ1n) is 6.14. The van der Waals surface area contributed by atoms with Gasteiger partial charge in [0.25, 0.3) is 5.91 Å². The Morgan fingerprint density at radius 2 is 1.90 bits per heavy atom. The van der Waals surface area contributed by atoms with Crippen molar-refractivity contribution in [3.05, 3.63) is 58.3 Å². The van der Waals surface area contributed by atoms with Gasteiger partial charge in [0.05, 0.1) is 0 Å². The summed E-state index contributed by atoms with van der Waals surface area (Å²) in [5.74, 6) is -0.700. The van der Waals surface area contributed by atoms with Gasteiger partial charge >= 0.3 is 0 Å². The first-order chi connectivity index (χ1) is 9.51. The van der Waals surface area contributed by atoms with Gasteiger partial charge in [0.2, 0.25) is 0 Å². The van der Waals surface area contributed by atoms with E-state index in [4.69, 9.17) is 5.73 Å². The summed E-state index contributed by atoms with van der Waals surface area (Å²) in [6, 6.07) is 11.1. The number of nitrogen functional groups attached to an aromatic ring is 1. The second kappa shape index (κ2) is 6.05. The number of carbonyl (C=O) groups is 1. The molecule has 0 saturated heterocycles. The lowest BCUT2D eigenvalue weighted by Crippen LogP contribution is -2.30. The van der Waals surface area contributed by atoms with Gasteiger partial charge in [0.1, 0.15) is 5.82 Å². The van der Waals surface area contributed by atoms with Crippen molar-refractivity contribution in [3.63, 3.8) is 0 Å². The van der Waals surface area contributed by atoms with Gasteiger partial charge in [-0.3, -0.25) is 4.79 Å². The average molecular weight is 337 g/mol. The molecule has 0 aliphatic carbocycles. The first-order valence-corrected chi connectivity index (χ1v) is 6.94. The minimum atomic E-state index is -0.448. The Kier molecular flexibility index (Phi) is 4.39. The zero-order chi connectivity index (χ0) is 14.7. The van der Waals surface area contributed by atoms with Crippen molar-refractivity contribution in [2.75, 3.05) is 17.2 Å². The molecule has 0 aliphatic rings. The van der Waals surface area contributed by atoms with Crippen LogP contribution in [0.2, 0.25) is 0 Å². The lowest BCUT2D eigenvalue weighted by atomic mass is 10.1. The molecule has 0 saturated carbocycles. The summed E-state index contributed by atoms with van der Waals surface area (Å²) in [7, 11) is 0. The van der Waals surface area contributed by atoms with E-state index in [2.05, 4.69) is 15.9 Å². The molecule has 104 valence electrons. The van der Waals surface area contributed by atoms with Crippen LogP contribution in [0.1, 0.15) is 17.3 Å². The molecule has 0 radical (unpaired) electrons. The van der Waals surface area contributed by atoms with E-state index in [0.29, 0.717) is 22.3 Å². The summed E-state index contributed by atoms with van der Waals surface area (Å²) >= 11 is 3.19. The highest BCUT2D eigenvalue weighted by Gasteiger charge is 2.17. The number of benzene rings is 2. The molecule has 0 fully saturated rings. The van der Waals surface area contributed by atoms with Gasteiger partial charge in [-0.1, -0.05) is 15.9 Å². The predicted octanol–water partition coefficient (Wildman–Crippen LogP) is 3.84. The number of nitrogens with zero attached hydrogens (tertiary/aromatic N) is 1. The van der Waals surface area contributed by atoms with Crippen LogP contribution in [0.3, 0.4) is 0 Å². The topological polar surface area (TPSA) is 46.3 Å². The largest absolute Gasteiger partial charge is 0.399 e. The van der Waals surface area contributed by atoms with Crippen LogP contribution in [-0.2, 0) is 0 Å². The molecule has 0 atom stereocenters. The van der Waals surface area contributed by atoms with Crippen molar-refractivity contribution < 1.29 is 9.18 Å². The zero-order valence-electron chi connectivity index (χ0n) is 10.9. The van der Waals surface area contributed by atoms with Crippen LogP contribution >= 0.6 is 15.9 Å². The van der Waals surface area contributed by atoms with E-state index in [9.17, 15) is 9.18 Å². The Labute approximate surface area is 125 Å². The average Bonchev–Trinajstić information content (AvgIpc) is 2.40. The minimum Gasteiger partial charge on any atom is -0.399 e. The third-order valence-electron chi connectivity index (χ3n) is 2.88. The van der Waals surface area contributed by atoms with Gasteiger partial charge in [-0.2, -0.15) is 0 Å². The van der Waals surface area contributed by atoms with Gasteiger partial charge in [-0.05, 0) is 49.4 Å². The molecule has 0 aliphatic heterocycles. The lowest BCUT2D eigenvalue weighted by molar-refractivity contribution is 0.0988. The van der Waals surface area contributed by atoms with E-state index in [1.165, 1.54) is 12.1 Å². The van der Waals surface area contributed by atoms with Crippen LogP contribution < -0.4 is 10.6 Å². The Morgan fingerprint density at radius 1 is 1.25 bits per heavy atom. The van der Waals surface area contributed by atoms with Gasteiger partial charge < -0.3 is 10.6 Å².